The Hall–Kier alpha value is -1.14. The molecule has 2 N–H and O–H groups in total. The molecule has 0 fully saturated rings. The molecule has 1 aromatic heterocycles. The highest BCUT2D eigenvalue weighted by Gasteiger charge is 2.10. The van der Waals surface area contributed by atoms with Crippen molar-refractivity contribution in [2.24, 2.45) is 0 Å². The minimum absolute atomic E-state index is 0.367. The van der Waals surface area contributed by atoms with Crippen molar-refractivity contribution in [3.05, 3.63) is 23.9 Å². The van der Waals surface area contributed by atoms with E-state index in [4.69, 9.17) is 0 Å². The highest BCUT2D eigenvalue weighted by Crippen LogP contribution is 2.10. The summed E-state index contributed by atoms with van der Waals surface area (Å²) in [5.41, 5.74) is 0.795. The topological polar surface area (TPSA) is 71.1 Å². The van der Waals surface area contributed by atoms with Crippen LogP contribution in [0.1, 0.15) is 25.3 Å². The number of nitrogens with zero attached hydrogens (tertiary/aromatic N) is 1. The number of aromatic nitrogens is 1. The van der Waals surface area contributed by atoms with Crippen LogP contribution in [-0.2, 0) is 10.2 Å². The van der Waals surface area contributed by atoms with Gasteiger partial charge in [-0.05, 0) is 25.0 Å². The molecule has 0 spiro atoms. The standard InChI is InChI=1S/C10H17N3O2S/c1-3-4-8-12-16(14,15)13-10-9(2)6-5-7-11-10/h5-7,12H,3-4,8H2,1-2H3,(H,11,13). The molecule has 0 aliphatic carbocycles. The minimum Gasteiger partial charge on any atom is -0.254 e. The molecule has 16 heavy (non-hydrogen) atoms. The number of unbranched alkanes of at least 4 members (excludes halogenated alkanes) is 1. The number of hydrogen-bond donors (Lipinski definition) is 2. The van der Waals surface area contributed by atoms with Crippen molar-refractivity contribution < 1.29 is 8.42 Å². The Morgan fingerprint density at radius 1 is 1.44 bits per heavy atom. The van der Waals surface area contributed by atoms with Crippen LogP contribution in [0.15, 0.2) is 18.3 Å². The second kappa shape index (κ2) is 5.81. The summed E-state index contributed by atoms with van der Waals surface area (Å²) in [6, 6.07) is 3.56. The summed E-state index contributed by atoms with van der Waals surface area (Å²) in [5, 5.41) is 0. The van der Waals surface area contributed by atoms with Crippen molar-refractivity contribution >= 4 is 16.0 Å². The van der Waals surface area contributed by atoms with Gasteiger partial charge in [0, 0.05) is 12.7 Å². The van der Waals surface area contributed by atoms with Gasteiger partial charge in [-0.15, -0.1) is 0 Å². The van der Waals surface area contributed by atoms with Gasteiger partial charge in [0.05, 0.1) is 0 Å². The van der Waals surface area contributed by atoms with Crippen molar-refractivity contribution in [1.29, 1.82) is 0 Å². The third-order valence-corrected chi connectivity index (χ3v) is 3.11. The predicted molar refractivity (Wildman–Crippen MR) is 64.4 cm³/mol. The van der Waals surface area contributed by atoms with E-state index in [9.17, 15) is 8.42 Å². The predicted octanol–water partition coefficient (Wildman–Crippen LogP) is 1.44. The summed E-state index contributed by atoms with van der Waals surface area (Å²) in [6.45, 7) is 4.25. The first-order chi connectivity index (χ1) is 7.55. The first-order valence-corrected chi connectivity index (χ1v) is 6.72. The highest BCUT2D eigenvalue weighted by molar-refractivity contribution is 7.90. The quantitative estimate of drug-likeness (QED) is 0.743. The number of aryl methyl sites for hydroxylation is 1. The summed E-state index contributed by atoms with van der Waals surface area (Å²) in [6.07, 6.45) is 3.32. The Bertz CT molecular complexity index is 431. The zero-order chi connectivity index (χ0) is 12.0. The van der Waals surface area contributed by atoms with Gasteiger partial charge in [0.2, 0.25) is 0 Å². The number of nitrogens with one attached hydrogen (secondary N) is 2. The Balaban J connectivity index is 2.63. The van der Waals surface area contributed by atoms with E-state index in [2.05, 4.69) is 14.4 Å². The molecular weight excluding hydrogens is 226 g/mol. The average Bonchev–Trinajstić information content (AvgIpc) is 2.21. The first kappa shape index (κ1) is 12.9. The van der Waals surface area contributed by atoms with Crippen molar-refractivity contribution in [2.75, 3.05) is 11.3 Å². The van der Waals surface area contributed by atoms with Gasteiger partial charge in [-0.25, -0.2) is 4.98 Å². The summed E-state index contributed by atoms with van der Waals surface area (Å²) in [5.74, 6) is 0.367. The summed E-state index contributed by atoms with van der Waals surface area (Å²) < 4.78 is 28.0. The molecule has 0 aliphatic rings. The van der Waals surface area contributed by atoms with Crippen molar-refractivity contribution in [3.8, 4) is 0 Å². The Kier molecular flexibility index (Phi) is 4.70. The molecule has 0 aliphatic heterocycles. The van der Waals surface area contributed by atoms with Gasteiger partial charge in [0.15, 0.2) is 0 Å². The molecular formula is C10H17N3O2S. The smallest absolute Gasteiger partial charge is 0.254 e. The first-order valence-electron chi connectivity index (χ1n) is 5.24. The van der Waals surface area contributed by atoms with Crippen molar-refractivity contribution in [3.63, 3.8) is 0 Å². The lowest BCUT2D eigenvalue weighted by atomic mass is 10.3. The van der Waals surface area contributed by atoms with Crippen LogP contribution < -0.4 is 9.44 Å². The van der Waals surface area contributed by atoms with Gasteiger partial charge in [-0.3, -0.25) is 4.72 Å². The maximum Gasteiger partial charge on any atom is 0.300 e. The highest BCUT2D eigenvalue weighted by atomic mass is 32.2. The second-order valence-electron chi connectivity index (χ2n) is 3.52. The summed E-state index contributed by atoms with van der Waals surface area (Å²) in [4.78, 5) is 3.96. The van der Waals surface area contributed by atoms with Gasteiger partial charge >= 0.3 is 0 Å². The SMILES string of the molecule is CCCCNS(=O)(=O)Nc1ncccc1C. The molecule has 0 saturated heterocycles. The molecule has 0 unspecified atom stereocenters. The molecule has 1 heterocycles. The summed E-state index contributed by atoms with van der Waals surface area (Å²) in [7, 11) is -3.49. The number of hydrogen-bond acceptors (Lipinski definition) is 3. The largest absolute Gasteiger partial charge is 0.300 e. The van der Waals surface area contributed by atoms with E-state index in [1.165, 1.54) is 0 Å². The fraction of sp³-hybridized carbons (Fsp3) is 0.500. The van der Waals surface area contributed by atoms with E-state index in [0.29, 0.717) is 12.4 Å². The van der Waals surface area contributed by atoms with Gasteiger partial charge in [0.25, 0.3) is 10.2 Å². The van der Waals surface area contributed by atoms with Gasteiger partial charge in [-0.1, -0.05) is 19.4 Å². The zero-order valence-electron chi connectivity index (χ0n) is 9.53. The molecule has 0 radical (unpaired) electrons. The van der Waals surface area contributed by atoms with E-state index in [1.807, 2.05) is 6.92 Å². The normalized spacial score (nSPS) is 11.4. The van der Waals surface area contributed by atoms with E-state index in [0.717, 1.165) is 18.4 Å². The average molecular weight is 243 g/mol. The zero-order valence-corrected chi connectivity index (χ0v) is 10.3. The lowest BCUT2D eigenvalue weighted by molar-refractivity contribution is 0.583. The van der Waals surface area contributed by atoms with Gasteiger partial charge < -0.3 is 0 Å². The van der Waals surface area contributed by atoms with E-state index in [1.54, 1.807) is 25.3 Å². The number of pyridine rings is 1. The van der Waals surface area contributed by atoms with Crippen LogP contribution in [0.25, 0.3) is 0 Å². The van der Waals surface area contributed by atoms with E-state index in [-0.39, 0.29) is 0 Å². The third kappa shape index (κ3) is 4.16. The Labute approximate surface area is 96.5 Å². The third-order valence-electron chi connectivity index (χ3n) is 2.06. The van der Waals surface area contributed by atoms with Gasteiger partial charge in [-0.2, -0.15) is 13.1 Å². The van der Waals surface area contributed by atoms with Crippen LogP contribution in [-0.4, -0.2) is 19.9 Å². The molecule has 1 rings (SSSR count). The Morgan fingerprint density at radius 2 is 2.19 bits per heavy atom. The maximum absolute atomic E-state index is 11.6. The lowest BCUT2D eigenvalue weighted by Gasteiger charge is -2.09. The molecule has 0 saturated carbocycles. The van der Waals surface area contributed by atoms with Crippen LogP contribution >= 0.6 is 0 Å². The van der Waals surface area contributed by atoms with Gasteiger partial charge in [0.1, 0.15) is 5.82 Å². The van der Waals surface area contributed by atoms with Crippen LogP contribution in [0.5, 0.6) is 0 Å². The monoisotopic (exact) mass is 243 g/mol. The molecule has 5 nitrogen and oxygen atoms in total. The van der Waals surface area contributed by atoms with E-state index >= 15 is 0 Å². The fourth-order valence-corrected chi connectivity index (χ4v) is 2.09. The number of rotatable bonds is 6. The molecule has 0 bridgehead atoms. The van der Waals surface area contributed by atoms with Crippen LogP contribution in [0.3, 0.4) is 0 Å². The van der Waals surface area contributed by atoms with Crippen molar-refractivity contribution in [2.45, 2.75) is 26.7 Å². The lowest BCUT2D eigenvalue weighted by Crippen LogP contribution is -2.31. The Morgan fingerprint density at radius 3 is 2.81 bits per heavy atom. The van der Waals surface area contributed by atoms with Crippen molar-refractivity contribution in [1.82, 2.24) is 9.71 Å². The number of anilines is 1. The van der Waals surface area contributed by atoms with Crippen LogP contribution in [0, 0.1) is 6.92 Å². The van der Waals surface area contributed by atoms with Crippen LogP contribution in [0.2, 0.25) is 0 Å². The molecule has 0 atom stereocenters. The molecule has 1 aromatic rings. The molecule has 0 aromatic carbocycles. The summed E-state index contributed by atoms with van der Waals surface area (Å²) >= 11 is 0. The molecule has 90 valence electrons. The molecule has 0 amide bonds. The molecule has 6 heteroatoms. The fourth-order valence-electron chi connectivity index (χ4n) is 1.14. The van der Waals surface area contributed by atoms with Crippen LogP contribution in [0.4, 0.5) is 5.82 Å². The minimum atomic E-state index is -3.49. The second-order valence-corrected chi connectivity index (χ2v) is 5.02. The maximum atomic E-state index is 11.6. The van der Waals surface area contributed by atoms with E-state index < -0.39 is 10.2 Å².